The standard InChI is InChI=1S/2C11H10.C9H10N2.C8H7NO.C8H7NS.C7H8.8C2H6/c1-9-5-4-7-10-6-2-3-8-11(9)10;1-9-6-7-10-4-2-3-5-11(10)8-9;1-7-10-8-5-3-4-6-9(8)11(7)2;2*1-6-9-7-4-2-3-5-8(7)10-6;1-7-5-3-2-4-6-7;8*1-2/h2*2-8H,1H3;3-6H,1-2H3;2*2-5H,1H3;2-6H,1H3;8*1-2H3. The van der Waals surface area contributed by atoms with Crippen molar-refractivity contribution in [3.05, 3.63) is 221 Å². The average molecular weight is 1050 g/mol. The highest BCUT2D eigenvalue weighted by atomic mass is 32.1. The number of oxazole rings is 1. The van der Waals surface area contributed by atoms with Gasteiger partial charge in [0.2, 0.25) is 0 Å². The molecule has 0 aliphatic carbocycles. The summed E-state index contributed by atoms with van der Waals surface area (Å²) in [6.45, 7) is 44.2. The summed E-state index contributed by atoms with van der Waals surface area (Å²) in [6.07, 6.45) is 0. The van der Waals surface area contributed by atoms with Crippen LogP contribution in [0, 0.1) is 41.5 Å². The van der Waals surface area contributed by atoms with Gasteiger partial charge < -0.3 is 8.98 Å². The first-order valence-electron chi connectivity index (χ1n) is 28.1. The van der Waals surface area contributed by atoms with Gasteiger partial charge in [-0.1, -0.05) is 274 Å². The number of benzene rings is 8. The lowest BCUT2D eigenvalue weighted by atomic mass is 10.1. The van der Waals surface area contributed by atoms with Crippen LogP contribution in [-0.2, 0) is 7.05 Å². The Hall–Kier alpha value is -6.89. The molecule has 3 heterocycles. The van der Waals surface area contributed by atoms with Gasteiger partial charge in [0.1, 0.15) is 11.3 Å². The van der Waals surface area contributed by atoms with E-state index in [0.29, 0.717) is 0 Å². The summed E-state index contributed by atoms with van der Waals surface area (Å²) < 4.78 is 8.63. The van der Waals surface area contributed by atoms with E-state index in [1.54, 1.807) is 11.3 Å². The van der Waals surface area contributed by atoms with Gasteiger partial charge in [-0.2, -0.15) is 0 Å². The zero-order valence-corrected chi connectivity index (χ0v) is 52.3. The molecule has 11 rings (SSSR count). The van der Waals surface area contributed by atoms with Gasteiger partial charge in [-0.05, 0) is 98.1 Å². The van der Waals surface area contributed by atoms with E-state index >= 15 is 0 Å². The van der Waals surface area contributed by atoms with Crippen molar-refractivity contribution in [1.82, 2.24) is 19.5 Å². The molecule has 0 atom stereocenters. The van der Waals surface area contributed by atoms with Gasteiger partial charge in [0.25, 0.3) is 0 Å². The number of hydrogen-bond acceptors (Lipinski definition) is 5. The van der Waals surface area contributed by atoms with Crippen LogP contribution in [0.1, 0.15) is 144 Å². The number of thiazole rings is 1. The average Bonchev–Trinajstić information content (AvgIpc) is 4.18. The highest BCUT2D eigenvalue weighted by molar-refractivity contribution is 7.18. The topological polar surface area (TPSA) is 56.7 Å². The van der Waals surface area contributed by atoms with Gasteiger partial charge in [0, 0.05) is 14.0 Å². The summed E-state index contributed by atoms with van der Waals surface area (Å²) >= 11 is 1.74. The molecule has 5 nitrogen and oxygen atoms in total. The first-order chi connectivity index (χ1) is 37.1. The Morgan fingerprint density at radius 2 is 0.842 bits per heavy atom. The van der Waals surface area contributed by atoms with Crippen LogP contribution in [0.25, 0.3) is 53.9 Å². The number of aromatic nitrogens is 4. The monoisotopic (exact) mass is 1040 g/mol. The fourth-order valence-corrected chi connectivity index (χ4v) is 7.30. The predicted molar refractivity (Wildman–Crippen MR) is 348 cm³/mol. The van der Waals surface area contributed by atoms with Crippen molar-refractivity contribution in [1.29, 1.82) is 0 Å². The molecule has 0 unspecified atom stereocenters. The lowest BCUT2D eigenvalue weighted by molar-refractivity contribution is 0.561. The molecule has 0 aliphatic rings. The first kappa shape index (κ1) is 73.4. The fourth-order valence-electron chi connectivity index (χ4n) is 6.47. The Morgan fingerprint density at radius 3 is 1.38 bits per heavy atom. The number of para-hydroxylation sites is 5. The second-order valence-corrected chi connectivity index (χ2v) is 15.6. The Kier molecular flexibility index (Phi) is 46.1. The molecular weight excluding hydrogens is 945 g/mol. The Bertz CT molecular complexity index is 2890. The van der Waals surface area contributed by atoms with Crippen molar-refractivity contribution in [2.24, 2.45) is 7.05 Å². The molecule has 0 radical (unpaired) electrons. The third-order valence-electron chi connectivity index (χ3n) is 9.67. The maximum atomic E-state index is 5.26. The van der Waals surface area contributed by atoms with Crippen molar-refractivity contribution in [2.45, 2.75) is 152 Å². The third kappa shape index (κ3) is 27.6. The smallest absolute Gasteiger partial charge is 0.192 e. The SMILES string of the molecule is CC.CC.CC.CC.CC.CC.CC.CC.Cc1ccc2ccccc2c1.Cc1cccc2ccccc12.Cc1ccccc1.Cc1nc2ccccc2n1C.Cc1nc2ccccc2o1.Cc1nc2ccccc2s1. The molecule has 412 valence electrons. The van der Waals surface area contributed by atoms with Crippen molar-refractivity contribution in [3.8, 4) is 0 Å². The Morgan fingerprint density at radius 1 is 0.368 bits per heavy atom. The zero-order valence-electron chi connectivity index (χ0n) is 51.5. The van der Waals surface area contributed by atoms with E-state index < -0.39 is 0 Å². The number of fused-ring (bicyclic) bond motifs is 5. The molecule has 0 saturated carbocycles. The first-order valence-corrected chi connectivity index (χ1v) is 28.9. The number of nitrogens with zero attached hydrogens (tertiary/aromatic N) is 4. The minimum Gasteiger partial charge on any atom is -0.441 e. The molecule has 0 bridgehead atoms. The van der Waals surface area contributed by atoms with E-state index in [1.165, 1.54) is 48.5 Å². The maximum Gasteiger partial charge on any atom is 0.192 e. The molecular formula is C70H100N4OS. The van der Waals surface area contributed by atoms with Gasteiger partial charge in [-0.3, -0.25) is 0 Å². The van der Waals surface area contributed by atoms with Crippen LogP contribution in [0.3, 0.4) is 0 Å². The summed E-state index contributed by atoms with van der Waals surface area (Å²) in [5.74, 6) is 1.78. The fraction of sp³-hybridized carbons (Fsp3) is 0.329. The highest BCUT2D eigenvalue weighted by Crippen LogP contribution is 2.20. The summed E-state index contributed by atoms with van der Waals surface area (Å²) in [6, 6.07) is 64.1. The van der Waals surface area contributed by atoms with Gasteiger partial charge >= 0.3 is 0 Å². The minimum absolute atomic E-state index is 0.723. The molecule has 3 aromatic heterocycles. The molecule has 0 fully saturated rings. The molecule has 0 N–H and O–H groups in total. The number of hydrogen-bond donors (Lipinski definition) is 0. The zero-order chi connectivity index (χ0) is 58.3. The lowest BCUT2D eigenvalue weighted by Gasteiger charge is -1.98. The van der Waals surface area contributed by atoms with Crippen LogP contribution in [0.4, 0.5) is 0 Å². The number of aryl methyl sites for hydroxylation is 7. The minimum atomic E-state index is 0.723. The van der Waals surface area contributed by atoms with Gasteiger partial charge in [-0.15, -0.1) is 11.3 Å². The third-order valence-corrected chi connectivity index (χ3v) is 10.6. The number of rotatable bonds is 0. The van der Waals surface area contributed by atoms with E-state index in [1.807, 2.05) is 217 Å². The highest BCUT2D eigenvalue weighted by Gasteiger charge is 2.01. The summed E-state index contributed by atoms with van der Waals surface area (Å²) in [5, 5.41) is 6.47. The van der Waals surface area contributed by atoms with Crippen molar-refractivity contribution in [3.63, 3.8) is 0 Å². The van der Waals surface area contributed by atoms with E-state index in [2.05, 4.69) is 149 Å². The van der Waals surface area contributed by atoms with Crippen molar-refractivity contribution < 1.29 is 4.42 Å². The Balaban J connectivity index is -0.000000801. The molecule has 6 heteroatoms. The summed E-state index contributed by atoms with van der Waals surface area (Å²) in [7, 11) is 2.03. The molecule has 0 saturated heterocycles. The van der Waals surface area contributed by atoms with Crippen LogP contribution in [0.5, 0.6) is 0 Å². The second kappa shape index (κ2) is 47.8. The van der Waals surface area contributed by atoms with Gasteiger partial charge in [0.15, 0.2) is 11.5 Å². The largest absolute Gasteiger partial charge is 0.441 e. The van der Waals surface area contributed by atoms with Gasteiger partial charge in [0.05, 0.1) is 26.3 Å². The lowest BCUT2D eigenvalue weighted by Crippen LogP contribution is -1.89. The van der Waals surface area contributed by atoms with E-state index in [9.17, 15) is 0 Å². The molecule has 8 aromatic carbocycles. The normalized spacial score (nSPS) is 8.72. The molecule has 0 spiro atoms. The van der Waals surface area contributed by atoms with Gasteiger partial charge in [-0.25, -0.2) is 15.0 Å². The van der Waals surface area contributed by atoms with E-state index in [0.717, 1.165) is 38.9 Å². The summed E-state index contributed by atoms with van der Waals surface area (Å²) in [5.41, 5.74) is 9.18. The van der Waals surface area contributed by atoms with Crippen molar-refractivity contribution >= 4 is 65.2 Å². The molecule has 0 aliphatic heterocycles. The second-order valence-electron chi connectivity index (χ2n) is 14.4. The van der Waals surface area contributed by atoms with Crippen LogP contribution in [-0.4, -0.2) is 19.5 Å². The molecule has 0 amide bonds. The number of imidazole rings is 1. The van der Waals surface area contributed by atoms with Crippen molar-refractivity contribution in [2.75, 3.05) is 0 Å². The summed E-state index contributed by atoms with van der Waals surface area (Å²) in [4.78, 5) is 12.9. The molecule has 11 aromatic rings. The Labute approximate surface area is 467 Å². The van der Waals surface area contributed by atoms with Crippen LogP contribution >= 0.6 is 11.3 Å². The van der Waals surface area contributed by atoms with E-state index in [-0.39, 0.29) is 0 Å². The van der Waals surface area contributed by atoms with Crippen LogP contribution < -0.4 is 0 Å². The van der Waals surface area contributed by atoms with E-state index in [4.69, 9.17) is 4.42 Å². The maximum absolute atomic E-state index is 5.26. The quantitative estimate of drug-likeness (QED) is 0.152. The van der Waals surface area contributed by atoms with Crippen LogP contribution in [0.15, 0.2) is 192 Å². The molecule has 76 heavy (non-hydrogen) atoms. The predicted octanol–water partition coefficient (Wildman–Crippen LogP) is 23.1. The van der Waals surface area contributed by atoms with Crippen LogP contribution in [0.2, 0.25) is 0 Å².